The lowest BCUT2D eigenvalue weighted by Crippen LogP contribution is -1.96. The number of nitrogens with zero attached hydrogens (tertiary/aromatic N) is 3. The fourth-order valence-corrected chi connectivity index (χ4v) is 1.45. The van der Waals surface area contributed by atoms with E-state index in [1.807, 2.05) is 0 Å². The Kier molecular flexibility index (Phi) is 2.44. The van der Waals surface area contributed by atoms with Crippen LogP contribution in [0.5, 0.6) is 5.75 Å². The normalized spacial score (nSPS) is 10.2. The molecule has 1 aromatic heterocycles. The molecule has 0 amide bonds. The van der Waals surface area contributed by atoms with Crippen LogP contribution in [0.3, 0.4) is 0 Å². The summed E-state index contributed by atoms with van der Waals surface area (Å²) in [6.07, 6.45) is 0. The molecule has 86 valence electrons. The Morgan fingerprint density at radius 2 is 2.18 bits per heavy atom. The van der Waals surface area contributed by atoms with Crippen molar-refractivity contribution in [2.24, 2.45) is 7.05 Å². The molecule has 0 saturated carbocycles. The van der Waals surface area contributed by atoms with Gasteiger partial charge in [-0.2, -0.15) is 10.4 Å². The Labute approximate surface area is 96.5 Å². The fourth-order valence-electron chi connectivity index (χ4n) is 1.45. The first-order valence-corrected chi connectivity index (χ1v) is 4.75. The van der Waals surface area contributed by atoms with Crippen molar-refractivity contribution >= 4 is 5.82 Å². The average molecular weight is 232 g/mol. The molecule has 5 nitrogen and oxygen atoms in total. The van der Waals surface area contributed by atoms with Crippen LogP contribution in [0.2, 0.25) is 0 Å². The lowest BCUT2D eigenvalue weighted by molar-refractivity contribution is 0.431. The number of aromatic nitrogens is 2. The Morgan fingerprint density at radius 1 is 1.47 bits per heavy atom. The molecule has 0 saturated heterocycles. The predicted octanol–water partition coefficient (Wildman–Crippen LogP) is 1.39. The number of halogens is 1. The molecule has 0 radical (unpaired) electrons. The van der Waals surface area contributed by atoms with Gasteiger partial charge in [0.15, 0.2) is 11.6 Å². The number of hydrogen-bond donors (Lipinski definition) is 2. The number of nitrogen functional groups attached to an aromatic ring is 1. The van der Waals surface area contributed by atoms with E-state index in [-0.39, 0.29) is 5.56 Å². The third-order valence-corrected chi connectivity index (χ3v) is 2.40. The van der Waals surface area contributed by atoms with Gasteiger partial charge in [0, 0.05) is 18.7 Å². The summed E-state index contributed by atoms with van der Waals surface area (Å²) in [6, 6.07) is 5.74. The highest BCUT2D eigenvalue weighted by Crippen LogP contribution is 2.28. The number of aromatic hydroxyl groups is 1. The van der Waals surface area contributed by atoms with Crippen LogP contribution in [-0.2, 0) is 7.05 Å². The molecule has 3 N–H and O–H groups in total. The number of nitriles is 1. The highest BCUT2D eigenvalue weighted by atomic mass is 19.1. The van der Waals surface area contributed by atoms with E-state index in [1.54, 1.807) is 19.2 Å². The maximum Gasteiger partial charge on any atom is 0.169 e. The van der Waals surface area contributed by atoms with Crippen LogP contribution in [0.4, 0.5) is 10.2 Å². The van der Waals surface area contributed by atoms with Crippen molar-refractivity contribution in [1.82, 2.24) is 9.78 Å². The van der Waals surface area contributed by atoms with E-state index in [1.165, 1.54) is 10.7 Å². The van der Waals surface area contributed by atoms with Crippen molar-refractivity contribution in [2.75, 3.05) is 5.73 Å². The van der Waals surface area contributed by atoms with Gasteiger partial charge in [0.2, 0.25) is 0 Å². The van der Waals surface area contributed by atoms with Crippen molar-refractivity contribution in [2.45, 2.75) is 0 Å². The SMILES string of the molecule is Cn1nc(-c2cc(F)c(O)c(C#N)c2)cc1N. The lowest BCUT2D eigenvalue weighted by Gasteiger charge is -2.01. The molecule has 0 fully saturated rings. The number of nitrogens with two attached hydrogens (primary N) is 1. The first kappa shape index (κ1) is 11.0. The standard InChI is InChI=1S/C11H9FN4O/c1-16-10(14)4-9(15-16)6-2-7(5-13)11(17)8(12)3-6/h2-4,17H,14H2,1H3. The summed E-state index contributed by atoms with van der Waals surface area (Å²) in [5.41, 5.74) is 6.31. The summed E-state index contributed by atoms with van der Waals surface area (Å²) in [4.78, 5) is 0. The van der Waals surface area contributed by atoms with Crippen molar-refractivity contribution in [1.29, 1.82) is 5.26 Å². The number of anilines is 1. The third kappa shape index (κ3) is 1.78. The summed E-state index contributed by atoms with van der Waals surface area (Å²) in [5.74, 6) is -1.09. The minimum atomic E-state index is -0.858. The van der Waals surface area contributed by atoms with Crippen molar-refractivity contribution in [3.05, 3.63) is 29.6 Å². The van der Waals surface area contributed by atoms with Crippen LogP contribution in [0.25, 0.3) is 11.3 Å². The van der Waals surface area contributed by atoms with Gasteiger partial charge in [-0.1, -0.05) is 0 Å². The largest absolute Gasteiger partial charge is 0.504 e. The van der Waals surface area contributed by atoms with E-state index in [9.17, 15) is 9.50 Å². The molecule has 2 rings (SSSR count). The molecular weight excluding hydrogens is 223 g/mol. The summed E-state index contributed by atoms with van der Waals surface area (Å²) in [6.45, 7) is 0. The first-order chi connectivity index (χ1) is 8.02. The van der Waals surface area contributed by atoms with Gasteiger partial charge in [0.1, 0.15) is 11.9 Å². The lowest BCUT2D eigenvalue weighted by atomic mass is 10.1. The average Bonchev–Trinajstić information content (AvgIpc) is 2.63. The van der Waals surface area contributed by atoms with Gasteiger partial charge in [0.05, 0.1) is 11.3 Å². The second-order valence-corrected chi connectivity index (χ2v) is 3.54. The van der Waals surface area contributed by atoms with Crippen LogP contribution < -0.4 is 5.73 Å². The highest BCUT2D eigenvalue weighted by molar-refractivity contribution is 5.66. The number of phenolic OH excluding ortho intramolecular Hbond substituents is 1. The Bertz CT molecular complexity index is 608. The van der Waals surface area contributed by atoms with Crippen molar-refractivity contribution in [3.63, 3.8) is 0 Å². The molecular formula is C11H9FN4O. The Balaban J connectivity index is 2.61. The molecule has 2 aromatic rings. The number of phenols is 1. The van der Waals surface area contributed by atoms with Gasteiger partial charge < -0.3 is 10.8 Å². The van der Waals surface area contributed by atoms with Gasteiger partial charge in [-0.05, 0) is 12.1 Å². The number of rotatable bonds is 1. The van der Waals surface area contributed by atoms with E-state index in [4.69, 9.17) is 11.0 Å². The second-order valence-electron chi connectivity index (χ2n) is 3.54. The summed E-state index contributed by atoms with van der Waals surface area (Å²) in [7, 11) is 1.65. The van der Waals surface area contributed by atoms with E-state index in [0.29, 0.717) is 17.1 Å². The third-order valence-electron chi connectivity index (χ3n) is 2.40. The topological polar surface area (TPSA) is 87.9 Å². The van der Waals surface area contributed by atoms with Crippen molar-refractivity contribution in [3.8, 4) is 23.1 Å². The molecule has 1 aromatic carbocycles. The second kappa shape index (κ2) is 3.79. The van der Waals surface area contributed by atoms with Gasteiger partial charge in [-0.15, -0.1) is 0 Å². The monoisotopic (exact) mass is 232 g/mol. The maximum atomic E-state index is 13.4. The fraction of sp³-hybridized carbons (Fsp3) is 0.0909. The molecule has 0 aliphatic rings. The minimum absolute atomic E-state index is 0.135. The summed E-state index contributed by atoms with van der Waals surface area (Å²) >= 11 is 0. The molecule has 6 heteroatoms. The van der Waals surface area contributed by atoms with E-state index >= 15 is 0 Å². The van der Waals surface area contributed by atoms with Crippen LogP contribution in [0.1, 0.15) is 5.56 Å². The predicted molar refractivity (Wildman–Crippen MR) is 59.4 cm³/mol. The molecule has 0 bridgehead atoms. The number of benzene rings is 1. The smallest absolute Gasteiger partial charge is 0.169 e. The van der Waals surface area contributed by atoms with Gasteiger partial charge >= 0.3 is 0 Å². The van der Waals surface area contributed by atoms with Crippen LogP contribution >= 0.6 is 0 Å². The molecule has 0 aliphatic carbocycles. The van der Waals surface area contributed by atoms with Crippen LogP contribution in [-0.4, -0.2) is 14.9 Å². The summed E-state index contributed by atoms with van der Waals surface area (Å²) in [5, 5.41) is 22.1. The van der Waals surface area contributed by atoms with E-state index < -0.39 is 11.6 Å². The quantitative estimate of drug-likeness (QED) is 0.777. The minimum Gasteiger partial charge on any atom is -0.504 e. The molecule has 1 heterocycles. The molecule has 0 spiro atoms. The van der Waals surface area contributed by atoms with Crippen LogP contribution in [0, 0.1) is 17.1 Å². The highest BCUT2D eigenvalue weighted by Gasteiger charge is 2.13. The van der Waals surface area contributed by atoms with Gasteiger partial charge in [-0.3, -0.25) is 4.68 Å². The zero-order valence-electron chi connectivity index (χ0n) is 8.98. The zero-order valence-corrected chi connectivity index (χ0v) is 8.98. The van der Waals surface area contributed by atoms with Gasteiger partial charge in [-0.25, -0.2) is 4.39 Å². The summed E-state index contributed by atoms with van der Waals surface area (Å²) < 4.78 is 14.8. The Hall–Kier alpha value is -2.55. The molecule has 0 aliphatic heterocycles. The van der Waals surface area contributed by atoms with Gasteiger partial charge in [0.25, 0.3) is 0 Å². The van der Waals surface area contributed by atoms with E-state index in [0.717, 1.165) is 6.07 Å². The maximum absolute atomic E-state index is 13.4. The van der Waals surface area contributed by atoms with E-state index in [2.05, 4.69) is 5.10 Å². The Morgan fingerprint density at radius 3 is 2.71 bits per heavy atom. The first-order valence-electron chi connectivity index (χ1n) is 4.75. The zero-order chi connectivity index (χ0) is 12.6. The molecule has 17 heavy (non-hydrogen) atoms. The molecule has 0 atom stereocenters. The van der Waals surface area contributed by atoms with Crippen LogP contribution in [0.15, 0.2) is 18.2 Å². The number of aryl methyl sites for hydroxylation is 1. The van der Waals surface area contributed by atoms with Crippen molar-refractivity contribution < 1.29 is 9.50 Å². The number of hydrogen-bond acceptors (Lipinski definition) is 4. The molecule has 0 unspecified atom stereocenters.